The van der Waals surface area contributed by atoms with E-state index in [1.165, 1.54) is 25.7 Å². The van der Waals surface area contributed by atoms with Crippen LogP contribution in [0.5, 0.6) is 0 Å². The van der Waals surface area contributed by atoms with Gasteiger partial charge in [-0.1, -0.05) is 20.8 Å². The van der Waals surface area contributed by atoms with Crippen LogP contribution in [-0.2, 0) is 0 Å². The maximum absolute atomic E-state index is 4.11. The molecule has 0 aromatic heterocycles. The molecule has 0 spiro atoms. The van der Waals surface area contributed by atoms with Gasteiger partial charge < -0.3 is 4.99 Å². The molecule has 98 valence electrons. The number of rotatable bonds is 4. The lowest BCUT2D eigenvalue weighted by atomic mass is 9.69. The zero-order chi connectivity index (χ0) is 12.5. The zero-order valence-electron chi connectivity index (χ0n) is 11.5. The summed E-state index contributed by atoms with van der Waals surface area (Å²) in [5.74, 6) is 0.777. The van der Waals surface area contributed by atoms with Crippen molar-refractivity contribution in [3.63, 3.8) is 0 Å². The van der Waals surface area contributed by atoms with Crippen LogP contribution < -0.4 is 10.6 Å². The van der Waals surface area contributed by atoms with Gasteiger partial charge in [-0.05, 0) is 43.7 Å². The minimum absolute atomic E-state index is 0.304. The van der Waals surface area contributed by atoms with Crippen molar-refractivity contribution in [2.45, 2.75) is 64.7 Å². The van der Waals surface area contributed by atoms with Gasteiger partial charge in [0.15, 0.2) is 0 Å². The number of nitrogens with zero attached hydrogens (tertiary/aromatic N) is 1. The normalized spacial score (nSPS) is 37.8. The van der Waals surface area contributed by atoms with E-state index >= 15 is 0 Å². The number of hydrogen-bond acceptors (Lipinski definition) is 3. The Morgan fingerprint density at radius 2 is 1.94 bits per heavy atom. The minimum atomic E-state index is 0.304. The second-order valence-corrected chi connectivity index (χ2v) is 6.39. The molecular weight excluding hydrogens is 210 g/mol. The first kappa shape index (κ1) is 13.0. The van der Waals surface area contributed by atoms with Gasteiger partial charge >= 0.3 is 0 Å². The van der Waals surface area contributed by atoms with Gasteiger partial charge in [0.05, 0.1) is 6.17 Å². The average Bonchev–Trinajstić information content (AvgIpc) is 2.70. The van der Waals surface area contributed by atoms with Crippen LogP contribution in [0.2, 0.25) is 0 Å². The molecule has 3 heteroatoms. The lowest BCUT2D eigenvalue weighted by molar-refractivity contribution is 0.142. The third-order valence-electron chi connectivity index (χ3n) is 4.71. The molecule has 2 rings (SSSR count). The van der Waals surface area contributed by atoms with Crippen molar-refractivity contribution in [3.05, 3.63) is 0 Å². The van der Waals surface area contributed by atoms with Gasteiger partial charge in [-0.2, -0.15) is 0 Å². The maximum atomic E-state index is 4.11. The summed E-state index contributed by atoms with van der Waals surface area (Å²) in [4.78, 5) is 4.11. The van der Waals surface area contributed by atoms with Crippen molar-refractivity contribution in [2.75, 3.05) is 6.54 Å². The smallest absolute Gasteiger partial charge is 0.0574 e. The molecule has 2 N–H and O–H groups in total. The highest BCUT2D eigenvalue weighted by molar-refractivity contribution is 5.23. The van der Waals surface area contributed by atoms with E-state index < -0.39 is 0 Å². The Balaban J connectivity index is 1.96. The maximum Gasteiger partial charge on any atom is 0.0574 e. The zero-order valence-corrected chi connectivity index (χ0v) is 11.5. The highest BCUT2D eigenvalue weighted by Gasteiger charge is 2.41. The molecule has 1 saturated heterocycles. The van der Waals surface area contributed by atoms with Crippen molar-refractivity contribution in [1.29, 1.82) is 0 Å². The molecule has 1 saturated carbocycles. The molecule has 1 aliphatic heterocycles. The monoisotopic (exact) mass is 237 g/mol. The van der Waals surface area contributed by atoms with Gasteiger partial charge in [0, 0.05) is 18.6 Å². The number of fused-ring (bicyclic) bond motifs is 1. The van der Waals surface area contributed by atoms with Gasteiger partial charge in [-0.3, -0.25) is 10.6 Å². The molecule has 4 atom stereocenters. The molecular formula is C14H27N3. The number of hydrogen-bond donors (Lipinski definition) is 2. The van der Waals surface area contributed by atoms with E-state index in [1.807, 2.05) is 0 Å². The third kappa shape index (κ3) is 2.71. The largest absolute Gasteiger partial charge is 0.300 e. The standard InChI is InChI=1S/C14H27N3/c1-5-13-16-11-7-6-10(8-12(11)17-13)14(2,3)9-15-4/h10-13,16-17H,4-9H2,1-3H3. The Hall–Kier alpha value is -0.410. The Morgan fingerprint density at radius 3 is 2.59 bits per heavy atom. The molecule has 4 unspecified atom stereocenters. The molecule has 0 bridgehead atoms. The van der Waals surface area contributed by atoms with Gasteiger partial charge in [0.25, 0.3) is 0 Å². The van der Waals surface area contributed by atoms with Crippen LogP contribution in [0.3, 0.4) is 0 Å². The highest BCUT2D eigenvalue weighted by Crippen LogP contribution is 2.39. The van der Waals surface area contributed by atoms with Crippen LogP contribution in [0.25, 0.3) is 0 Å². The summed E-state index contributed by atoms with van der Waals surface area (Å²) in [6.45, 7) is 11.5. The Labute approximate surface area is 105 Å². The van der Waals surface area contributed by atoms with E-state index in [9.17, 15) is 0 Å². The summed E-state index contributed by atoms with van der Waals surface area (Å²) in [5, 5.41) is 7.43. The van der Waals surface area contributed by atoms with Crippen molar-refractivity contribution < 1.29 is 0 Å². The van der Waals surface area contributed by atoms with Crippen LogP contribution in [-0.4, -0.2) is 31.5 Å². The van der Waals surface area contributed by atoms with Crippen molar-refractivity contribution in [2.24, 2.45) is 16.3 Å². The molecule has 0 aromatic rings. The van der Waals surface area contributed by atoms with Gasteiger partial charge in [0.2, 0.25) is 0 Å². The molecule has 1 aliphatic carbocycles. The predicted molar refractivity (Wildman–Crippen MR) is 73.5 cm³/mol. The van der Waals surface area contributed by atoms with Crippen molar-refractivity contribution in [1.82, 2.24) is 10.6 Å². The lowest BCUT2D eigenvalue weighted by Crippen LogP contribution is -2.44. The fourth-order valence-corrected chi connectivity index (χ4v) is 3.48. The van der Waals surface area contributed by atoms with Crippen molar-refractivity contribution in [3.8, 4) is 0 Å². The van der Waals surface area contributed by atoms with Crippen LogP contribution >= 0.6 is 0 Å². The van der Waals surface area contributed by atoms with Gasteiger partial charge in [-0.25, -0.2) is 0 Å². The summed E-state index contributed by atoms with van der Waals surface area (Å²) in [5.41, 5.74) is 0.304. The first-order chi connectivity index (χ1) is 8.06. The highest BCUT2D eigenvalue weighted by atomic mass is 15.2. The first-order valence-electron chi connectivity index (χ1n) is 7.01. The first-order valence-corrected chi connectivity index (χ1v) is 7.01. The van der Waals surface area contributed by atoms with E-state index in [0.29, 0.717) is 23.7 Å². The number of aliphatic imine (C=N–C) groups is 1. The molecule has 0 radical (unpaired) electrons. The Kier molecular flexibility index (Phi) is 3.88. The van der Waals surface area contributed by atoms with Crippen molar-refractivity contribution >= 4 is 6.72 Å². The lowest BCUT2D eigenvalue weighted by Gasteiger charge is -2.40. The Morgan fingerprint density at radius 1 is 1.24 bits per heavy atom. The van der Waals surface area contributed by atoms with E-state index in [-0.39, 0.29) is 0 Å². The second kappa shape index (κ2) is 5.07. The molecule has 17 heavy (non-hydrogen) atoms. The van der Waals surface area contributed by atoms with E-state index in [4.69, 9.17) is 0 Å². The van der Waals surface area contributed by atoms with Crippen LogP contribution in [0.4, 0.5) is 0 Å². The fourth-order valence-electron chi connectivity index (χ4n) is 3.48. The summed E-state index contributed by atoms with van der Waals surface area (Å²) in [6.07, 6.45) is 5.63. The number of nitrogens with one attached hydrogen (secondary N) is 2. The van der Waals surface area contributed by atoms with Gasteiger partial charge in [0.1, 0.15) is 0 Å². The third-order valence-corrected chi connectivity index (χ3v) is 4.71. The van der Waals surface area contributed by atoms with Crippen LogP contribution in [0, 0.1) is 11.3 Å². The Bertz CT molecular complexity index is 275. The van der Waals surface area contributed by atoms with Crippen LogP contribution in [0.15, 0.2) is 4.99 Å². The summed E-state index contributed by atoms with van der Waals surface area (Å²) in [6, 6.07) is 1.37. The van der Waals surface area contributed by atoms with E-state index in [0.717, 1.165) is 12.5 Å². The minimum Gasteiger partial charge on any atom is -0.300 e. The molecule has 0 amide bonds. The summed E-state index contributed by atoms with van der Waals surface area (Å²) < 4.78 is 0. The quantitative estimate of drug-likeness (QED) is 0.735. The molecule has 2 fully saturated rings. The van der Waals surface area contributed by atoms with Crippen LogP contribution in [0.1, 0.15) is 46.5 Å². The van der Waals surface area contributed by atoms with E-state index in [1.54, 1.807) is 0 Å². The topological polar surface area (TPSA) is 36.4 Å². The summed E-state index contributed by atoms with van der Waals surface area (Å²) in [7, 11) is 0. The average molecular weight is 237 g/mol. The fraction of sp³-hybridized carbons (Fsp3) is 0.929. The SMILES string of the molecule is C=NCC(C)(C)C1CCC2NC(CC)NC2C1. The second-order valence-electron chi connectivity index (χ2n) is 6.39. The van der Waals surface area contributed by atoms with E-state index in [2.05, 4.69) is 43.1 Å². The summed E-state index contributed by atoms with van der Waals surface area (Å²) >= 11 is 0. The predicted octanol–water partition coefficient (Wildman–Crippen LogP) is 2.18. The molecule has 1 heterocycles. The molecule has 2 aliphatic rings. The van der Waals surface area contributed by atoms with Gasteiger partial charge in [-0.15, -0.1) is 0 Å². The molecule has 3 nitrogen and oxygen atoms in total. The molecule has 0 aromatic carbocycles.